The van der Waals surface area contributed by atoms with Gasteiger partial charge in [0.2, 0.25) is 0 Å². The van der Waals surface area contributed by atoms with Crippen LogP contribution in [0.2, 0.25) is 0 Å². The van der Waals surface area contributed by atoms with Crippen LogP contribution in [0.4, 0.5) is 13.2 Å². The van der Waals surface area contributed by atoms with Crippen molar-refractivity contribution in [2.75, 3.05) is 0 Å². The number of alkyl halides is 3. The van der Waals surface area contributed by atoms with Crippen LogP contribution < -0.4 is 10.6 Å². The van der Waals surface area contributed by atoms with Crippen molar-refractivity contribution in [3.63, 3.8) is 0 Å². The Morgan fingerprint density at radius 2 is 1.71 bits per heavy atom. The Hall–Kier alpha value is -2.95. The van der Waals surface area contributed by atoms with Crippen molar-refractivity contribution >= 4 is 29.1 Å². The quantitative estimate of drug-likeness (QED) is 0.324. The lowest BCUT2D eigenvalue weighted by Crippen LogP contribution is -2.46. The van der Waals surface area contributed by atoms with E-state index in [1.54, 1.807) is 12.1 Å². The lowest BCUT2D eigenvalue weighted by molar-refractivity contribution is -0.149. The average molecular weight is 594 g/mol. The van der Waals surface area contributed by atoms with Crippen molar-refractivity contribution < 1.29 is 32.7 Å². The zero-order valence-electron chi connectivity index (χ0n) is 23.9. The van der Waals surface area contributed by atoms with E-state index < -0.39 is 35.4 Å². The molecule has 0 bridgehead atoms. The Labute approximate surface area is 242 Å². The minimum absolute atomic E-state index is 0.112. The fraction of sp³-hybridized carbons (Fsp3) is 0.600. The molecule has 1 unspecified atom stereocenters. The summed E-state index contributed by atoms with van der Waals surface area (Å²) in [5.41, 5.74) is 1.86. The standard InChI is InChI=1S/C30H38F3N3O4S/c1-16(30(31,32)33)34-25(37)19-11-18(12-21(13-19)29(2,3)4)24-23(10-17-8-6-5-7-9-17)36-27(41-24)26(38)35-22-14-20(15-22)28(39)40/h11-13,16-17,20,22H,5-10,14-15H2,1-4H3,(H,34,37)(H,35,38)(H,39,40). The molecule has 2 amide bonds. The molecule has 1 aromatic carbocycles. The maximum atomic E-state index is 13.2. The first-order valence-corrected chi connectivity index (χ1v) is 15.0. The summed E-state index contributed by atoms with van der Waals surface area (Å²) in [7, 11) is 0. The van der Waals surface area contributed by atoms with E-state index in [1.807, 2.05) is 26.8 Å². The van der Waals surface area contributed by atoms with Gasteiger partial charge in [0, 0.05) is 11.6 Å². The summed E-state index contributed by atoms with van der Waals surface area (Å²) in [6.07, 6.45) is 2.40. The van der Waals surface area contributed by atoms with Gasteiger partial charge in [-0.05, 0) is 66.8 Å². The van der Waals surface area contributed by atoms with E-state index in [4.69, 9.17) is 10.1 Å². The van der Waals surface area contributed by atoms with Gasteiger partial charge >= 0.3 is 12.1 Å². The summed E-state index contributed by atoms with van der Waals surface area (Å²) in [4.78, 5) is 42.7. The van der Waals surface area contributed by atoms with Crippen molar-refractivity contribution in [1.82, 2.24) is 15.6 Å². The number of hydrogen-bond acceptors (Lipinski definition) is 5. The molecule has 2 aromatic rings. The number of benzene rings is 1. The molecule has 41 heavy (non-hydrogen) atoms. The topological polar surface area (TPSA) is 108 Å². The predicted molar refractivity (Wildman–Crippen MR) is 151 cm³/mol. The van der Waals surface area contributed by atoms with E-state index >= 15 is 0 Å². The van der Waals surface area contributed by atoms with E-state index in [0.717, 1.165) is 48.7 Å². The van der Waals surface area contributed by atoms with E-state index in [0.29, 0.717) is 30.7 Å². The number of carbonyl (C=O) groups is 3. The number of hydrogen-bond donors (Lipinski definition) is 3. The van der Waals surface area contributed by atoms with Crippen LogP contribution in [0.25, 0.3) is 10.4 Å². The highest BCUT2D eigenvalue weighted by Gasteiger charge is 2.38. The number of aliphatic carboxylic acids is 1. The second-order valence-electron chi connectivity index (χ2n) is 12.5. The molecular formula is C30H38F3N3O4S. The highest BCUT2D eigenvalue weighted by atomic mass is 32.1. The Kier molecular flexibility index (Phi) is 9.16. The first-order valence-electron chi connectivity index (χ1n) is 14.2. The first kappa shape index (κ1) is 31.0. The molecule has 0 saturated heterocycles. The van der Waals surface area contributed by atoms with Gasteiger partial charge < -0.3 is 15.7 Å². The van der Waals surface area contributed by atoms with Gasteiger partial charge in [-0.25, -0.2) is 4.98 Å². The maximum absolute atomic E-state index is 13.2. The molecule has 0 radical (unpaired) electrons. The van der Waals surface area contributed by atoms with E-state index in [-0.39, 0.29) is 22.5 Å². The second-order valence-corrected chi connectivity index (χ2v) is 13.5. The normalized spacial score (nSPS) is 20.7. The zero-order chi connectivity index (χ0) is 30.1. The van der Waals surface area contributed by atoms with Crippen LogP contribution >= 0.6 is 11.3 Å². The lowest BCUT2D eigenvalue weighted by atomic mass is 9.80. The van der Waals surface area contributed by atoms with Gasteiger partial charge in [0.25, 0.3) is 11.8 Å². The Balaban J connectivity index is 1.70. The molecule has 7 nitrogen and oxygen atoms in total. The number of amides is 2. The lowest BCUT2D eigenvalue weighted by Gasteiger charge is -2.32. The molecule has 2 aliphatic rings. The molecular weight excluding hydrogens is 555 g/mol. The van der Waals surface area contributed by atoms with Crippen molar-refractivity contribution in [1.29, 1.82) is 0 Å². The van der Waals surface area contributed by atoms with Crippen LogP contribution in [-0.2, 0) is 16.6 Å². The van der Waals surface area contributed by atoms with Gasteiger partial charge in [0.15, 0.2) is 5.01 Å². The van der Waals surface area contributed by atoms with Crippen LogP contribution in [0.1, 0.15) is 104 Å². The van der Waals surface area contributed by atoms with Gasteiger partial charge in [0.1, 0.15) is 6.04 Å². The molecule has 2 saturated carbocycles. The Morgan fingerprint density at radius 1 is 1.05 bits per heavy atom. The van der Waals surface area contributed by atoms with Gasteiger partial charge in [0.05, 0.1) is 16.5 Å². The van der Waals surface area contributed by atoms with Gasteiger partial charge in [-0.2, -0.15) is 13.2 Å². The number of carboxylic acid groups (broad SMARTS) is 1. The molecule has 1 atom stereocenters. The smallest absolute Gasteiger partial charge is 0.408 e. The molecule has 1 heterocycles. The molecule has 224 valence electrons. The van der Waals surface area contributed by atoms with E-state index in [2.05, 4.69) is 10.6 Å². The highest BCUT2D eigenvalue weighted by molar-refractivity contribution is 7.17. The SMILES string of the molecule is CC(NC(=O)c1cc(-c2sc(C(=O)NC3CC(C(=O)O)C3)nc2CC2CCCCC2)cc(C(C)(C)C)c1)C(F)(F)F. The number of nitrogens with zero attached hydrogens (tertiary/aromatic N) is 1. The summed E-state index contributed by atoms with van der Waals surface area (Å²) < 4.78 is 39.6. The van der Waals surface area contributed by atoms with Crippen LogP contribution in [0.3, 0.4) is 0 Å². The van der Waals surface area contributed by atoms with Crippen LogP contribution in [0.5, 0.6) is 0 Å². The average Bonchev–Trinajstić information content (AvgIpc) is 3.28. The third kappa shape index (κ3) is 7.67. The summed E-state index contributed by atoms with van der Waals surface area (Å²) in [5.74, 6) is -2.12. The van der Waals surface area contributed by atoms with Crippen LogP contribution in [-0.4, -0.2) is 46.1 Å². The molecule has 0 spiro atoms. The predicted octanol–water partition coefficient (Wildman–Crippen LogP) is 6.50. The maximum Gasteiger partial charge on any atom is 0.408 e. The Bertz CT molecular complexity index is 1290. The summed E-state index contributed by atoms with van der Waals surface area (Å²) in [6.45, 7) is 6.79. The number of carbonyl (C=O) groups excluding carboxylic acids is 2. The third-order valence-corrected chi connectivity index (χ3v) is 9.23. The third-order valence-electron chi connectivity index (χ3n) is 8.08. The van der Waals surface area contributed by atoms with E-state index in [9.17, 15) is 27.6 Å². The van der Waals surface area contributed by atoms with Crippen molar-refractivity contribution in [3.8, 4) is 10.4 Å². The van der Waals surface area contributed by atoms with Crippen molar-refractivity contribution in [2.45, 2.75) is 103 Å². The van der Waals surface area contributed by atoms with Gasteiger partial charge in [-0.3, -0.25) is 14.4 Å². The van der Waals surface area contributed by atoms with Gasteiger partial charge in [-0.1, -0.05) is 52.9 Å². The number of rotatable bonds is 8. The van der Waals surface area contributed by atoms with Gasteiger partial charge in [-0.15, -0.1) is 11.3 Å². The minimum atomic E-state index is -4.57. The summed E-state index contributed by atoms with van der Waals surface area (Å²) in [6, 6.07) is 2.88. The molecule has 3 N–H and O–H groups in total. The second kappa shape index (κ2) is 12.1. The number of nitrogens with one attached hydrogen (secondary N) is 2. The molecule has 4 rings (SSSR count). The Morgan fingerprint density at radius 3 is 2.29 bits per heavy atom. The number of carboxylic acids is 1. The molecule has 0 aliphatic heterocycles. The number of halogens is 3. The molecule has 2 fully saturated rings. The van der Waals surface area contributed by atoms with Crippen LogP contribution in [0, 0.1) is 11.8 Å². The van der Waals surface area contributed by atoms with Crippen LogP contribution in [0.15, 0.2) is 18.2 Å². The summed E-state index contributed by atoms with van der Waals surface area (Å²) in [5, 5.41) is 14.3. The fourth-order valence-corrected chi connectivity index (χ4v) is 6.33. The number of aromatic nitrogens is 1. The highest BCUT2D eigenvalue weighted by Crippen LogP contribution is 2.38. The van der Waals surface area contributed by atoms with Crippen molar-refractivity contribution in [3.05, 3.63) is 40.0 Å². The fourth-order valence-electron chi connectivity index (χ4n) is 5.35. The number of thiazole rings is 1. The van der Waals surface area contributed by atoms with E-state index in [1.165, 1.54) is 17.8 Å². The van der Waals surface area contributed by atoms with Crippen molar-refractivity contribution in [2.24, 2.45) is 11.8 Å². The first-order chi connectivity index (χ1) is 19.1. The largest absolute Gasteiger partial charge is 0.481 e. The molecule has 11 heteroatoms. The molecule has 1 aromatic heterocycles. The molecule has 2 aliphatic carbocycles. The zero-order valence-corrected chi connectivity index (χ0v) is 24.7. The summed E-state index contributed by atoms with van der Waals surface area (Å²) >= 11 is 1.20. The monoisotopic (exact) mass is 593 g/mol. The minimum Gasteiger partial charge on any atom is -0.481 e.